The van der Waals surface area contributed by atoms with Crippen molar-refractivity contribution in [3.05, 3.63) is 63.5 Å². The Morgan fingerprint density at radius 3 is 2.36 bits per heavy atom. The van der Waals surface area contributed by atoms with Crippen LogP contribution in [-0.4, -0.2) is 29.4 Å². The van der Waals surface area contributed by atoms with Gasteiger partial charge in [-0.2, -0.15) is 0 Å². The molecule has 1 aromatic heterocycles. The fourth-order valence-corrected chi connectivity index (χ4v) is 3.00. The fourth-order valence-electron chi connectivity index (χ4n) is 2.62. The Kier molecular flexibility index (Phi) is 7.13. The molecule has 0 spiro atoms. The number of carbonyl (C=O) groups is 1. The van der Waals surface area contributed by atoms with Gasteiger partial charge in [-0.15, -0.1) is 13.2 Å². The van der Waals surface area contributed by atoms with Crippen molar-refractivity contribution in [3.63, 3.8) is 0 Å². The van der Waals surface area contributed by atoms with Gasteiger partial charge in [0.25, 0.3) is 0 Å². The lowest BCUT2D eigenvalue weighted by molar-refractivity contribution is -0.274. The third-order valence-corrected chi connectivity index (χ3v) is 4.76. The first-order valence-electron chi connectivity index (χ1n) is 8.87. The smallest absolute Gasteiger partial charge is 0.492 e. The molecule has 33 heavy (non-hydrogen) atoms. The number of anilines is 1. The van der Waals surface area contributed by atoms with E-state index in [1.165, 1.54) is 31.4 Å². The number of methoxy groups -OCH3 is 1. The van der Waals surface area contributed by atoms with E-state index in [0.29, 0.717) is 5.56 Å². The van der Waals surface area contributed by atoms with Gasteiger partial charge in [-0.25, -0.2) is 19.2 Å². The van der Waals surface area contributed by atoms with Gasteiger partial charge in [-0.05, 0) is 29.8 Å². The van der Waals surface area contributed by atoms with Gasteiger partial charge >= 0.3 is 12.3 Å². The van der Waals surface area contributed by atoms with Gasteiger partial charge in [-0.3, -0.25) is 0 Å². The summed E-state index contributed by atoms with van der Waals surface area (Å²) < 4.78 is 65.2. The van der Waals surface area contributed by atoms with Crippen LogP contribution >= 0.6 is 23.2 Å². The lowest BCUT2D eigenvalue weighted by Crippen LogP contribution is -2.17. The molecule has 13 heteroatoms. The third kappa shape index (κ3) is 5.74. The zero-order valence-electron chi connectivity index (χ0n) is 16.5. The van der Waals surface area contributed by atoms with Crippen molar-refractivity contribution in [2.45, 2.75) is 13.0 Å². The fraction of sp³-hybridized carbons (Fsp3) is 0.150. The second-order valence-electron chi connectivity index (χ2n) is 6.31. The number of alkyl halides is 3. The summed E-state index contributed by atoms with van der Waals surface area (Å²) in [6, 6.07) is 7.26. The zero-order valence-corrected chi connectivity index (χ0v) is 18.1. The van der Waals surface area contributed by atoms with Crippen molar-refractivity contribution in [2.24, 2.45) is 0 Å². The summed E-state index contributed by atoms with van der Waals surface area (Å²) in [4.78, 5) is 20.4. The first-order valence-corrected chi connectivity index (χ1v) is 9.63. The number of nitrogen functional groups attached to an aromatic ring is 1. The van der Waals surface area contributed by atoms with E-state index in [2.05, 4.69) is 14.7 Å². The molecule has 2 N–H and O–H groups in total. The Hall–Kier alpha value is -3.31. The SMILES string of the molecule is COc1c(Cl)ccc(-c2nc(N)c(Cl)c(C(=O)OCc3ccc(OC(F)(F)F)cc3)n2)c1F. The van der Waals surface area contributed by atoms with Crippen molar-refractivity contribution >= 4 is 35.0 Å². The van der Waals surface area contributed by atoms with Gasteiger partial charge in [0.1, 0.15) is 23.2 Å². The normalized spacial score (nSPS) is 11.2. The second kappa shape index (κ2) is 9.67. The predicted octanol–water partition coefficient (Wildman–Crippen LogP) is 5.44. The van der Waals surface area contributed by atoms with Crippen LogP contribution in [0.25, 0.3) is 11.4 Å². The maximum Gasteiger partial charge on any atom is 0.573 e. The lowest BCUT2D eigenvalue weighted by atomic mass is 10.1. The van der Waals surface area contributed by atoms with E-state index in [4.69, 9.17) is 38.4 Å². The number of hydrogen-bond acceptors (Lipinski definition) is 7. The topological polar surface area (TPSA) is 96.6 Å². The van der Waals surface area contributed by atoms with Crippen LogP contribution in [-0.2, 0) is 11.3 Å². The van der Waals surface area contributed by atoms with E-state index >= 15 is 0 Å². The van der Waals surface area contributed by atoms with E-state index < -0.39 is 29.6 Å². The summed E-state index contributed by atoms with van der Waals surface area (Å²) in [5, 5.41) is -0.314. The lowest BCUT2D eigenvalue weighted by Gasteiger charge is -2.12. The summed E-state index contributed by atoms with van der Waals surface area (Å²) in [6.07, 6.45) is -4.83. The average molecular weight is 506 g/mol. The molecule has 174 valence electrons. The summed E-state index contributed by atoms with van der Waals surface area (Å²) in [5.41, 5.74) is 5.50. The van der Waals surface area contributed by atoms with Gasteiger partial charge in [0.2, 0.25) is 0 Å². The number of halogens is 6. The van der Waals surface area contributed by atoms with Gasteiger partial charge in [0.05, 0.1) is 17.7 Å². The number of rotatable bonds is 6. The van der Waals surface area contributed by atoms with Crippen LogP contribution in [0.5, 0.6) is 11.5 Å². The largest absolute Gasteiger partial charge is 0.573 e. The van der Waals surface area contributed by atoms with Crippen LogP contribution in [0, 0.1) is 5.82 Å². The van der Waals surface area contributed by atoms with Crippen LogP contribution in [0.1, 0.15) is 16.1 Å². The highest BCUT2D eigenvalue weighted by atomic mass is 35.5. The number of nitrogens with zero attached hydrogens (tertiary/aromatic N) is 2. The van der Waals surface area contributed by atoms with Crippen LogP contribution in [0.15, 0.2) is 36.4 Å². The summed E-state index contributed by atoms with van der Waals surface area (Å²) in [5.74, 6) is -3.18. The van der Waals surface area contributed by atoms with Crippen molar-refractivity contribution in [1.29, 1.82) is 0 Å². The molecule has 0 unspecified atom stereocenters. The minimum atomic E-state index is -4.83. The van der Waals surface area contributed by atoms with E-state index in [-0.39, 0.29) is 39.6 Å². The molecular weight excluding hydrogens is 493 g/mol. The molecule has 7 nitrogen and oxygen atoms in total. The number of nitrogens with two attached hydrogens (primary N) is 1. The Morgan fingerprint density at radius 1 is 1.09 bits per heavy atom. The Balaban J connectivity index is 1.82. The second-order valence-corrected chi connectivity index (χ2v) is 7.09. The van der Waals surface area contributed by atoms with Gasteiger partial charge in [0.15, 0.2) is 23.1 Å². The first kappa shape index (κ1) is 24.3. The number of carbonyl (C=O) groups excluding carboxylic acids is 1. The van der Waals surface area contributed by atoms with Crippen molar-refractivity contribution in [2.75, 3.05) is 12.8 Å². The zero-order chi connectivity index (χ0) is 24.3. The monoisotopic (exact) mass is 505 g/mol. The van der Waals surface area contributed by atoms with Crippen molar-refractivity contribution in [3.8, 4) is 22.9 Å². The molecule has 0 aliphatic carbocycles. The van der Waals surface area contributed by atoms with E-state index in [1.807, 2.05) is 0 Å². The molecule has 2 aromatic carbocycles. The standard InChI is InChI=1S/C20H13Cl2F4N3O4/c1-31-16-12(21)7-6-11(14(16)23)18-28-15(13(22)17(27)29-18)19(30)32-8-9-2-4-10(5-3-9)33-20(24,25)26/h2-7H,8H2,1H3,(H2,27,28,29). The molecule has 0 aliphatic rings. The van der Waals surface area contributed by atoms with Crippen LogP contribution in [0.4, 0.5) is 23.4 Å². The maximum absolute atomic E-state index is 14.7. The van der Waals surface area contributed by atoms with Crippen molar-refractivity contribution < 1.29 is 36.6 Å². The molecule has 0 bridgehead atoms. The maximum atomic E-state index is 14.7. The molecule has 0 saturated heterocycles. The summed E-state index contributed by atoms with van der Waals surface area (Å²) in [6.45, 7) is -0.330. The quantitative estimate of drug-likeness (QED) is 0.352. The van der Waals surface area contributed by atoms with E-state index in [0.717, 1.165) is 12.1 Å². The molecule has 1 heterocycles. The molecule has 0 fully saturated rings. The molecule has 0 saturated carbocycles. The highest BCUT2D eigenvalue weighted by molar-refractivity contribution is 6.35. The summed E-state index contributed by atoms with van der Waals surface area (Å²) in [7, 11) is 1.22. The van der Waals surface area contributed by atoms with Crippen LogP contribution < -0.4 is 15.2 Å². The number of benzene rings is 2. The van der Waals surface area contributed by atoms with Crippen LogP contribution in [0.2, 0.25) is 10.0 Å². The van der Waals surface area contributed by atoms with Gasteiger partial charge in [-0.1, -0.05) is 35.3 Å². The van der Waals surface area contributed by atoms with E-state index in [9.17, 15) is 22.4 Å². The molecular formula is C20H13Cl2F4N3O4. The minimum absolute atomic E-state index is 0.00645. The van der Waals surface area contributed by atoms with E-state index in [1.54, 1.807) is 0 Å². The van der Waals surface area contributed by atoms with Gasteiger partial charge < -0.3 is 19.9 Å². The Morgan fingerprint density at radius 2 is 1.76 bits per heavy atom. The molecule has 0 aliphatic heterocycles. The molecule has 3 rings (SSSR count). The number of esters is 1. The number of ether oxygens (including phenoxy) is 3. The highest BCUT2D eigenvalue weighted by Crippen LogP contribution is 2.35. The minimum Gasteiger partial charge on any atom is -0.492 e. The Bertz CT molecular complexity index is 1190. The third-order valence-electron chi connectivity index (χ3n) is 4.09. The first-order chi connectivity index (χ1) is 15.5. The summed E-state index contributed by atoms with van der Waals surface area (Å²) >= 11 is 11.9. The number of aromatic nitrogens is 2. The van der Waals surface area contributed by atoms with Gasteiger partial charge in [0, 0.05) is 0 Å². The predicted molar refractivity (Wildman–Crippen MR) is 111 cm³/mol. The molecule has 3 aromatic rings. The van der Waals surface area contributed by atoms with Crippen LogP contribution in [0.3, 0.4) is 0 Å². The molecule has 0 amide bonds. The molecule has 0 atom stereocenters. The van der Waals surface area contributed by atoms with Crippen molar-refractivity contribution in [1.82, 2.24) is 9.97 Å². The Labute approximate surface area is 194 Å². The highest BCUT2D eigenvalue weighted by Gasteiger charge is 2.31. The average Bonchev–Trinajstić information content (AvgIpc) is 2.74. The molecule has 0 radical (unpaired) electrons. The number of hydrogen-bond donors (Lipinski definition) is 1.